The zero-order valence-corrected chi connectivity index (χ0v) is 18.3. The van der Waals surface area contributed by atoms with Crippen LogP contribution in [0.5, 0.6) is 5.75 Å². The molecule has 2 aromatic rings. The smallest absolute Gasteiger partial charge is 0.339 e. The van der Waals surface area contributed by atoms with Crippen molar-refractivity contribution in [2.24, 2.45) is 0 Å². The van der Waals surface area contributed by atoms with Gasteiger partial charge in [0.05, 0.1) is 24.2 Å². The van der Waals surface area contributed by atoms with Crippen LogP contribution in [0.1, 0.15) is 17.5 Å². The summed E-state index contributed by atoms with van der Waals surface area (Å²) in [6.07, 6.45) is 2.05. The molecule has 1 aliphatic heterocycles. The molecule has 31 heavy (non-hydrogen) atoms. The van der Waals surface area contributed by atoms with E-state index in [1.807, 2.05) is 24.3 Å². The van der Waals surface area contributed by atoms with E-state index in [0.717, 1.165) is 0 Å². The molecule has 0 unspecified atom stereocenters. The predicted molar refractivity (Wildman–Crippen MR) is 118 cm³/mol. The number of para-hydroxylation sites is 1. The lowest BCUT2D eigenvalue weighted by atomic mass is 10.0. The van der Waals surface area contributed by atoms with Crippen LogP contribution in [0.4, 0.5) is 0 Å². The van der Waals surface area contributed by atoms with Crippen molar-refractivity contribution in [1.29, 1.82) is 0 Å². The van der Waals surface area contributed by atoms with Crippen molar-refractivity contribution >= 4 is 33.4 Å². The third-order valence-electron chi connectivity index (χ3n) is 5.22. The fourth-order valence-corrected chi connectivity index (χ4v) is 5.18. The average Bonchev–Trinajstić information content (AvgIpc) is 3.15. The predicted octanol–water partition coefficient (Wildman–Crippen LogP) is 2.42. The maximum absolute atomic E-state index is 12.9. The number of likely N-dealkylation sites (N-methyl/N-ethyl adjacent to an activating group) is 1. The van der Waals surface area contributed by atoms with Gasteiger partial charge in [0.25, 0.3) is 5.91 Å². The normalized spacial score (nSPS) is 17.7. The molecule has 1 fully saturated rings. The van der Waals surface area contributed by atoms with E-state index in [0.29, 0.717) is 23.3 Å². The summed E-state index contributed by atoms with van der Waals surface area (Å²) in [6, 6.07) is 15.9. The van der Waals surface area contributed by atoms with Gasteiger partial charge >= 0.3 is 5.97 Å². The molecule has 3 rings (SSSR count). The summed E-state index contributed by atoms with van der Waals surface area (Å²) in [4.78, 5) is 26.7. The lowest BCUT2D eigenvalue weighted by molar-refractivity contribution is -0.147. The van der Waals surface area contributed by atoms with Gasteiger partial charge in [-0.05, 0) is 24.1 Å². The van der Waals surface area contributed by atoms with Gasteiger partial charge in [-0.1, -0.05) is 48.5 Å². The second-order valence-corrected chi connectivity index (χ2v) is 9.53. The molecule has 1 atom stereocenters. The molecule has 0 radical (unpaired) electrons. The van der Waals surface area contributed by atoms with E-state index in [-0.39, 0.29) is 17.1 Å². The Balaban J connectivity index is 1.76. The van der Waals surface area contributed by atoms with Crippen molar-refractivity contribution in [3.05, 3.63) is 65.7 Å². The molecular formula is C23H25NO6S. The van der Waals surface area contributed by atoms with E-state index in [9.17, 15) is 18.0 Å². The number of rotatable bonds is 7. The van der Waals surface area contributed by atoms with Crippen molar-refractivity contribution in [2.45, 2.75) is 12.5 Å². The highest BCUT2D eigenvalue weighted by Crippen LogP contribution is 2.25. The fraction of sp³-hybridized carbons (Fsp3) is 0.304. The second kappa shape index (κ2) is 9.78. The van der Waals surface area contributed by atoms with Crippen LogP contribution >= 0.6 is 0 Å². The summed E-state index contributed by atoms with van der Waals surface area (Å²) in [6.45, 7) is -0.470. The molecule has 1 saturated heterocycles. The number of sulfone groups is 1. The largest absolute Gasteiger partial charge is 0.496 e. The van der Waals surface area contributed by atoms with Crippen LogP contribution in [0.2, 0.25) is 0 Å². The topological polar surface area (TPSA) is 90.0 Å². The highest BCUT2D eigenvalue weighted by molar-refractivity contribution is 7.91. The zero-order chi connectivity index (χ0) is 22.4. The van der Waals surface area contributed by atoms with Crippen LogP contribution in [0, 0.1) is 0 Å². The molecule has 0 spiro atoms. The molecule has 1 heterocycles. The van der Waals surface area contributed by atoms with E-state index in [1.54, 1.807) is 43.5 Å². The van der Waals surface area contributed by atoms with Gasteiger partial charge < -0.3 is 14.4 Å². The van der Waals surface area contributed by atoms with Crippen LogP contribution in [-0.4, -0.2) is 63.5 Å². The minimum Gasteiger partial charge on any atom is -0.496 e. The molecule has 8 heteroatoms. The standard InChI is InChI=1S/C23H25NO6S/c1-24(19-12-13-31(27,28)16-19)22(25)15-30-23(26)20(17-8-4-3-5-9-17)14-18-10-6-7-11-21(18)29-2/h3-11,14,19H,12-13,15-16H2,1-2H3/b20-14-/t19-/m0/s1. The van der Waals surface area contributed by atoms with Crippen molar-refractivity contribution < 1.29 is 27.5 Å². The van der Waals surface area contributed by atoms with Crippen molar-refractivity contribution in [1.82, 2.24) is 4.90 Å². The highest BCUT2D eigenvalue weighted by atomic mass is 32.2. The van der Waals surface area contributed by atoms with Gasteiger partial charge in [0, 0.05) is 18.7 Å². The minimum absolute atomic E-state index is 0.0633. The number of esters is 1. The Hall–Kier alpha value is -3.13. The molecule has 2 aromatic carbocycles. The number of nitrogens with zero attached hydrogens (tertiary/aromatic N) is 1. The van der Waals surface area contributed by atoms with E-state index < -0.39 is 34.4 Å². The third kappa shape index (κ3) is 5.73. The molecular weight excluding hydrogens is 418 g/mol. The maximum atomic E-state index is 12.9. The number of carbonyl (C=O) groups excluding carboxylic acids is 2. The summed E-state index contributed by atoms with van der Waals surface area (Å²) in [5.41, 5.74) is 1.62. The highest BCUT2D eigenvalue weighted by Gasteiger charge is 2.33. The number of amides is 1. The maximum Gasteiger partial charge on any atom is 0.339 e. The van der Waals surface area contributed by atoms with Gasteiger partial charge in [-0.2, -0.15) is 0 Å². The lowest BCUT2D eigenvalue weighted by Crippen LogP contribution is -2.40. The molecule has 0 saturated carbocycles. The van der Waals surface area contributed by atoms with Crippen molar-refractivity contribution in [2.75, 3.05) is 32.3 Å². The van der Waals surface area contributed by atoms with Crippen LogP contribution in [0.15, 0.2) is 54.6 Å². The SMILES string of the molecule is COc1ccccc1/C=C(\C(=O)OCC(=O)N(C)[C@H]1CCS(=O)(=O)C1)c1ccccc1. The Labute approximate surface area is 182 Å². The molecule has 7 nitrogen and oxygen atoms in total. The van der Waals surface area contributed by atoms with E-state index in [1.165, 1.54) is 11.9 Å². The van der Waals surface area contributed by atoms with Crippen molar-refractivity contribution in [3.8, 4) is 5.75 Å². The number of hydrogen-bond acceptors (Lipinski definition) is 6. The van der Waals surface area contributed by atoms with Crippen LogP contribution in [0.3, 0.4) is 0 Å². The molecule has 164 valence electrons. The van der Waals surface area contributed by atoms with Crippen molar-refractivity contribution in [3.63, 3.8) is 0 Å². The second-order valence-electron chi connectivity index (χ2n) is 7.30. The first-order valence-corrected chi connectivity index (χ1v) is 11.7. The summed E-state index contributed by atoms with van der Waals surface area (Å²) in [5, 5.41) is 0. The number of hydrogen-bond donors (Lipinski definition) is 0. The summed E-state index contributed by atoms with van der Waals surface area (Å²) in [7, 11) is -0.0399. The Morgan fingerprint density at radius 2 is 1.77 bits per heavy atom. The Bertz CT molecular complexity index is 1080. The molecule has 0 aromatic heterocycles. The third-order valence-corrected chi connectivity index (χ3v) is 6.97. The van der Waals surface area contributed by atoms with Gasteiger partial charge in [-0.25, -0.2) is 13.2 Å². The fourth-order valence-electron chi connectivity index (χ4n) is 3.41. The van der Waals surface area contributed by atoms with E-state index in [4.69, 9.17) is 9.47 Å². The summed E-state index contributed by atoms with van der Waals surface area (Å²) < 4.78 is 34.0. The summed E-state index contributed by atoms with van der Waals surface area (Å²) in [5.74, 6) is -0.499. The number of benzene rings is 2. The summed E-state index contributed by atoms with van der Waals surface area (Å²) >= 11 is 0. The van der Waals surface area contributed by atoms with Crippen LogP contribution < -0.4 is 4.74 Å². The molecule has 0 N–H and O–H groups in total. The molecule has 1 amide bonds. The van der Waals surface area contributed by atoms with Gasteiger partial charge in [-0.3, -0.25) is 4.79 Å². The Morgan fingerprint density at radius 3 is 2.42 bits per heavy atom. The van der Waals surface area contributed by atoms with Gasteiger partial charge in [0.1, 0.15) is 5.75 Å². The first-order valence-electron chi connectivity index (χ1n) is 9.84. The quantitative estimate of drug-likeness (QED) is 0.371. The number of methoxy groups -OCH3 is 1. The molecule has 0 bridgehead atoms. The van der Waals surface area contributed by atoms with Gasteiger partial charge in [-0.15, -0.1) is 0 Å². The number of ether oxygens (including phenoxy) is 2. The van der Waals surface area contributed by atoms with Gasteiger partial charge in [0.2, 0.25) is 0 Å². The van der Waals surface area contributed by atoms with E-state index in [2.05, 4.69) is 0 Å². The molecule has 1 aliphatic rings. The first kappa shape index (κ1) is 22.6. The Kier molecular flexibility index (Phi) is 7.12. The Morgan fingerprint density at radius 1 is 1.10 bits per heavy atom. The van der Waals surface area contributed by atoms with Crippen LogP contribution in [-0.2, 0) is 24.2 Å². The minimum atomic E-state index is -3.12. The monoisotopic (exact) mass is 443 g/mol. The zero-order valence-electron chi connectivity index (χ0n) is 17.5. The average molecular weight is 444 g/mol. The van der Waals surface area contributed by atoms with Gasteiger partial charge in [0.15, 0.2) is 16.4 Å². The molecule has 0 aliphatic carbocycles. The lowest BCUT2D eigenvalue weighted by Gasteiger charge is -2.23. The van der Waals surface area contributed by atoms with Crippen LogP contribution in [0.25, 0.3) is 11.6 Å². The first-order chi connectivity index (χ1) is 14.8. The number of carbonyl (C=O) groups is 2. The van der Waals surface area contributed by atoms with E-state index >= 15 is 0 Å².